The minimum Gasteiger partial charge on any atom is -0.381 e. The van der Waals surface area contributed by atoms with E-state index in [-0.39, 0.29) is 12.2 Å². The van der Waals surface area contributed by atoms with Crippen molar-refractivity contribution in [2.24, 2.45) is 0 Å². The molecule has 146 valence electrons. The van der Waals surface area contributed by atoms with Crippen LogP contribution in [0.3, 0.4) is 0 Å². The maximum atomic E-state index is 13.4. The molecule has 28 heavy (non-hydrogen) atoms. The van der Waals surface area contributed by atoms with E-state index in [0.29, 0.717) is 24.7 Å². The van der Waals surface area contributed by atoms with Gasteiger partial charge in [0.15, 0.2) is 6.10 Å². The molecule has 1 atom stereocenters. The number of hydrogen-bond acceptors (Lipinski definition) is 4. The molecule has 0 saturated carbocycles. The molecule has 0 bridgehead atoms. The van der Waals surface area contributed by atoms with Gasteiger partial charge in [-0.15, -0.1) is 0 Å². The lowest BCUT2D eigenvalue weighted by molar-refractivity contribution is -0.137. The molecule has 0 aromatic heterocycles. The van der Waals surface area contributed by atoms with Crippen LogP contribution in [-0.4, -0.2) is 30.2 Å². The number of rotatable bonds is 4. The highest BCUT2D eigenvalue weighted by atomic mass is 19.4. The number of fused-ring (bicyclic) bond motifs is 1. The van der Waals surface area contributed by atoms with Crippen molar-refractivity contribution in [1.29, 1.82) is 5.26 Å². The van der Waals surface area contributed by atoms with Crippen molar-refractivity contribution in [3.8, 4) is 6.07 Å². The van der Waals surface area contributed by atoms with Crippen LogP contribution in [-0.2, 0) is 17.4 Å². The lowest BCUT2D eigenvalue weighted by Crippen LogP contribution is -2.39. The number of nitriles is 1. The average Bonchev–Trinajstić information content (AvgIpc) is 3.02. The normalized spacial score (nSPS) is 14.4. The van der Waals surface area contributed by atoms with Gasteiger partial charge in [0.05, 0.1) is 23.7 Å². The van der Waals surface area contributed by atoms with E-state index >= 15 is 0 Å². The third kappa shape index (κ3) is 4.07. The van der Waals surface area contributed by atoms with E-state index in [0.717, 1.165) is 17.7 Å². The van der Waals surface area contributed by atoms with Gasteiger partial charge in [0.1, 0.15) is 5.82 Å². The second-order valence-corrected chi connectivity index (χ2v) is 6.34. The van der Waals surface area contributed by atoms with Crippen LogP contribution < -0.4 is 10.2 Å². The lowest BCUT2D eigenvalue weighted by Gasteiger charge is -2.22. The maximum absolute atomic E-state index is 13.4. The molecule has 0 unspecified atom stereocenters. The smallest absolute Gasteiger partial charge is 0.381 e. The fourth-order valence-electron chi connectivity index (χ4n) is 3.08. The van der Waals surface area contributed by atoms with Gasteiger partial charge in [0, 0.05) is 17.9 Å². The second kappa shape index (κ2) is 7.48. The van der Waals surface area contributed by atoms with Gasteiger partial charge in [0.25, 0.3) is 5.91 Å². The van der Waals surface area contributed by atoms with Crippen LogP contribution in [0.4, 0.5) is 28.9 Å². The molecule has 3 rings (SSSR count). The first-order valence-electron chi connectivity index (χ1n) is 8.32. The van der Waals surface area contributed by atoms with Crippen molar-refractivity contribution in [3.63, 3.8) is 0 Å². The van der Waals surface area contributed by atoms with Crippen molar-refractivity contribution in [3.05, 3.63) is 58.9 Å². The van der Waals surface area contributed by atoms with Crippen LogP contribution in [0, 0.1) is 17.1 Å². The van der Waals surface area contributed by atoms with Gasteiger partial charge in [-0.3, -0.25) is 4.79 Å². The number of amides is 1. The number of benzene rings is 2. The average molecular weight is 393 g/mol. The largest absolute Gasteiger partial charge is 0.417 e. The number of aliphatic hydroxyl groups is 1. The SMILES string of the molecule is N#Cc1ccc(NC(=O)[C@@H](O)CN2CCc3ccc(F)cc32)cc1C(F)(F)F. The molecule has 0 saturated heterocycles. The number of alkyl halides is 3. The van der Waals surface area contributed by atoms with E-state index in [1.54, 1.807) is 11.0 Å². The van der Waals surface area contributed by atoms with Gasteiger partial charge in [0.2, 0.25) is 0 Å². The van der Waals surface area contributed by atoms with Crippen LogP contribution in [0.2, 0.25) is 0 Å². The number of carbonyl (C=O) groups excluding carboxylic acids is 1. The highest BCUT2D eigenvalue weighted by molar-refractivity contribution is 5.94. The standard InChI is InChI=1S/C19H15F4N3O2/c20-13-3-1-11-5-6-26(16(11)7-13)10-17(27)18(28)25-14-4-2-12(9-24)15(8-14)19(21,22)23/h1-4,7-8,17,27H,5-6,10H2,(H,25,28)/t17-/m0/s1. The summed E-state index contributed by atoms with van der Waals surface area (Å²) in [7, 11) is 0. The summed E-state index contributed by atoms with van der Waals surface area (Å²) in [6, 6.07) is 8.46. The maximum Gasteiger partial charge on any atom is 0.417 e. The monoisotopic (exact) mass is 393 g/mol. The van der Waals surface area contributed by atoms with Crippen LogP contribution in [0.5, 0.6) is 0 Å². The van der Waals surface area contributed by atoms with Gasteiger partial charge < -0.3 is 15.3 Å². The van der Waals surface area contributed by atoms with E-state index in [1.165, 1.54) is 18.2 Å². The molecule has 2 N–H and O–H groups in total. The van der Waals surface area contributed by atoms with E-state index in [9.17, 15) is 27.5 Å². The zero-order valence-electron chi connectivity index (χ0n) is 14.4. The van der Waals surface area contributed by atoms with Crippen LogP contribution in [0.1, 0.15) is 16.7 Å². The summed E-state index contributed by atoms with van der Waals surface area (Å²) in [5, 5.41) is 21.2. The Morgan fingerprint density at radius 2 is 2.04 bits per heavy atom. The number of nitrogens with one attached hydrogen (secondary N) is 1. The molecule has 1 aliphatic heterocycles. The highest BCUT2D eigenvalue weighted by Gasteiger charge is 2.34. The van der Waals surface area contributed by atoms with Crippen LogP contribution in [0.25, 0.3) is 0 Å². The first kappa shape index (κ1) is 19.6. The van der Waals surface area contributed by atoms with E-state index < -0.39 is 35.1 Å². The van der Waals surface area contributed by atoms with Crippen molar-refractivity contribution in [2.75, 3.05) is 23.3 Å². The fourth-order valence-corrected chi connectivity index (χ4v) is 3.08. The van der Waals surface area contributed by atoms with Crippen LogP contribution in [0.15, 0.2) is 36.4 Å². The van der Waals surface area contributed by atoms with Gasteiger partial charge in [-0.05, 0) is 42.3 Å². The molecule has 5 nitrogen and oxygen atoms in total. The highest BCUT2D eigenvalue weighted by Crippen LogP contribution is 2.33. The summed E-state index contributed by atoms with van der Waals surface area (Å²) >= 11 is 0. The molecule has 0 fully saturated rings. The van der Waals surface area contributed by atoms with Crippen molar-refractivity contribution in [2.45, 2.75) is 18.7 Å². The number of nitrogens with zero attached hydrogens (tertiary/aromatic N) is 2. The van der Waals surface area contributed by atoms with Gasteiger partial charge in [-0.25, -0.2) is 4.39 Å². The summed E-state index contributed by atoms with van der Waals surface area (Å²) in [5.41, 5.74) is -0.475. The van der Waals surface area contributed by atoms with E-state index in [4.69, 9.17) is 5.26 Å². The first-order chi connectivity index (χ1) is 13.2. The molecule has 2 aromatic rings. The summed E-state index contributed by atoms with van der Waals surface area (Å²) in [5.74, 6) is -1.34. The summed E-state index contributed by atoms with van der Waals surface area (Å²) in [6.45, 7) is 0.350. The van der Waals surface area contributed by atoms with Crippen molar-refractivity contribution >= 4 is 17.3 Å². The predicted molar refractivity (Wildman–Crippen MR) is 93.1 cm³/mol. The lowest BCUT2D eigenvalue weighted by atomic mass is 10.1. The molecule has 1 aliphatic rings. The quantitative estimate of drug-likeness (QED) is 0.783. The van der Waals surface area contributed by atoms with Crippen molar-refractivity contribution in [1.82, 2.24) is 0 Å². The Bertz CT molecular complexity index is 953. The van der Waals surface area contributed by atoms with E-state index in [2.05, 4.69) is 5.32 Å². The fraction of sp³-hybridized carbons (Fsp3) is 0.263. The molecule has 9 heteroatoms. The molecular formula is C19H15F4N3O2. The van der Waals surface area contributed by atoms with E-state index in [1.807, 2.05) is 0 Å². The Hall–Kier alpha value is -3.12. The predicted octanol–water partition coefficient (Wildman–Crippen LogP) is 3.08. The minimum atomic E-state index is -4.76. The Kier molecular flexibility index (Phi) is 5.25. The Labute approximate surface area is 157 Å². The van der Waals surface area contributed by atoms with Crippen molar-refractivity contribution < 1.29 is 27.5 Å². The number of hydrogen-bond donors (Lipinski definition) is 2. The molecule has 1 heterocycles. The third-order valence-corrected chi connectivity index (χ3v) is 4.45. The Balaban J connectivity index is 1.71. The third-order valence-electron chi connectivity index (χ3n) is 4.45. The number of β-amino-alcohol motifs (C(OH)–C–C–N with tert-alkyl or cyclic N) is 1. The van der Waals surface area contributed by atoms with Gasteiger partial charge in [-0.2, -0.15) is 18.4 Å². The zero-order chi connectivity index (χ0) is 20.5. The molecule has 0 radical (unpaired) electrons. The molecule has 1 amide bonds. The zero-order valence-corrected chi connectivity index (χ0v) is 14.4. The Morgan fingerprint density at radius 3 is 2.71 bits per heavy atom. The Morgan fingerprint density at radius 1 is 1.29 bits per heavy atom. The molecule has 0 aliphatic carbocycles. The number of aliphatic hydroxyl groups excluding tert-OH is 1. The van der Waals surface area contributed by atoms with Gasteiger partial charge in [-0.1, -0.05) is 6.07 Å². The van der Waals surface area contributed by atoms with Gasteiger partial charge >= 0.3 is 6.18 Å². The number of anilines is 2. The summed E-state index contributed by atoms with van der Waals surface area (Å²) in [6.07, 6.45) is -5.67. The van der Waals surface area contributed by atoms with Crippen LogP contribution >= 0.6 is 0 Å². The first-order valence-corrected chi connectivity index (χ1v) is 8.32. The molecule has 0 spiro atoms. The topological polar surface area (TPSA) is 76.4 Å². The summed E-state index contributed by atoms with van der Waals surface area (Å²) < 4.78 is 52.4. The minimum absolute atomic E-state index is 0.134. The number of carbonyl (C=O) groups is 1. The second-order valence-electron chi connectivity index (χ2n) is 6.34. The summed E-state index contributed by atoms with van der Waals surface area (Å²) in [4.78, 5) is 13.8. The molecule has 2 aromatic carbocycles. The molecular weight excluding hydrogens is 378 g/mol. The number of halogens is 4.